The Kier molecular flexibility index (Phi) is 4.27. The summed E-state index contributed by atoms with van der Waals surface area (Å²) in [5, 5.41) is 9.66. The van der Waals surface area contributed by atoms with Gasteiger partial charge in [0.15, 0.2) is 0 Å². The van der Waals surface area contributed by atoms with Crippen LogP contribution in [0.25, 0.3) is 0 Å². The van der Waals surface area contributed by atoms with Gasteiger partial charge in [-0.2, -0.15) is 0 Å². The quantitative estimate of drug-likeness (QED) is 0.856. The number of hydrogen-bond acceptors (Lipinski definition) is 3. The van der Waals surface area contributed by atoms with Gasteiger partial charge in [-0.25, -0.2) is 4.79 Å². The van der Waals surface area contributed by atoms with Crippen molar-refractivity contribution in [3.63, 3.8) is 0 Å². The average Bonchev–Trinajstić information content (AvgIpc) is 2.78. The number of ether oxygens (including phenoxy) is 1. The van der Waals surface area contributed by atoms with Gasteiger partial charge in [0.25, 0.3) is 0 Å². The van der Waals surface area contributed by atoms with Crippen LogP contribution in [0, 0.1) is 23.7 Å². The minimum Gasteiger partial charge on any atom is -0.478 e. The second kappa shape index (κ2) is 5.41. The highest BCUT2D eigenvalue weighted by atomic mass is 32.2. The van der Waals surface area contributed by atoms with E-state index in [0.29, 0.717) is 24.4 Å². The van der Waals surface area contributed by atoms with Crippen LogP contribution in [0.15, 0.2) is 0 Å². The summed E-state index contributed by atoms with van der Waals surface area (Å²) in [4.78, 5) is 10.8. The molecule has 1 N–H and O–H groups in total. The van der Waals surface area contributed by atoms with E-state index in [1.165, 1.54) is 18.2 Å². The minimum absolute atomic E-state index is 0.159. The Morgan fingerprint density at radius 2 is 2.17 bits per heavy atom. The number of thioether (sulfide) groups is 1. The maximum Gasteiger partial charge on any atom is 0.346 e. The van der Waals surface area contributed by atoms with Crippen molar-refractivity contribution in [2.45, 2.75) is 45.0 Å². The summed E-state index contributed by atoms with van der Waals surface area (Å²) in [7, 11) is 0. The van der Waals surface area contributed by atoms with Gasteiger partial charge >= 0.3 is 5.97 Å². The monoisotopic (exact) mass is 272 g/mol. The SMILES string of the molecule is CC1CCC(C(C)C)C(C2(C(=O)O)OCCS2)C1. The number of rotatable bonds is 3. The highest BCUT2D eigenvalue weighted by Crippen LogP contribution is 2.51. The van der Waals surface area contributed by atoms with Crippen LogP contribution >= 0.6 is 11.8 Å². The molecule has 3 nitrogen and oxygen atoms in total. The average molecular weight is 272 g/mol. The van der Waals surface area contributed by atoms with E-state index in [-0.39, 0.29) is 5.92 Å². The van der Waals surface area contributed by atoms with E-state index in [0.717, 1.165) is 18.6 Å². The first-order valence-electron chi connectivity index (χ1n) is 6.98. The predicted octanol–water partition coefficient (Wildman–Crippen LogP) is 3.24. The normalized spacial score (nSPS) is 41.2. The Hall–Kier alpha value is -0.220. The van der Waals surface area contributed by atoms with Gasteiger partial charge in [0, 0.05) is 11.7 Å². The number of carbonyl (C=O) groups is 1. The molecule has 18 heavy (non-hydrogen) atoms. The number of carboxylic acid groups (broad SMARTS) is 1. The lowest BCUT2D eigenvalue weighted by Crippen LogP contribution is -2.49. The van der Waals surface area contributed by atoms with Gasteiger partial charge in [0.2, 0.25) is 4.93 Å². The number of aliphatic carboxylic acids is 1. The molecule has 4 unspecified atom stereocenters. The maximum atomic E-state index is 11.8. The first-order valence-corrected chi connectivity index (χ1v) is 7.97. The molecule has 4 heteroatoms. The summed E-state index contributed by atoms with van der Waals surface area (Å²) < 4.78 is 5.73. The largest absolute Gasteiger partial charge is 0.478 e. The number of hydrogen-bond donors (Lipinski definition) is 1. The standard InChI is InChI=1S/C14H24O3S/c1-9(2)11-5-4-10(3)8-12(11)14(13(15)16)17-6-7-18-14/h9-12H,4-8H2,1-3H3,(H,15,16). The summed E-state index contributed by atoms with van der Waals surface area (Å²) in [6, 6.07) is 0. The van der Waals surface area contributed by atoms with E-state index >= 15 is 0 Å². The van der Waals surface area contributed by atoms with Crippen LogP contribution in [0.5, 0.6) is 0 Å². The van der Waals surface area contributed by atoms with Crippen LogP contribution in [-0.4, -0.2) is 28.4 Å². The van der Waals surface area contributed by atoms with Crippen molar-refractivity contribution in [2.24, 2.45) is 23.7 Å². The predicted molar refractivity (Wildman–Crippen MR) is 73.6 cm³/mol. The third-order valence-electron chi connectivity index (χ3n) is 4.52. The van der Waals surface area contributed by atoms with E-state index in [9.17, 15) is 9.90 Å². The Morgan fingerprint density at radius 1 is 1.44 bits per heavy atom. The molecule has 0 bridgehead atoms. The summed E-state index contributed by atoms with van der Waals surface area (Å²) >= 11 is 1.51. The van der Waals surface area contributed by atoms with Crippen molar-refractivity contribution in [3.8, 4) is 0 Å². The molecule has 2 aliphatic rings. The van der Waals surface area contributed by atoms with Crippen molar-refractivity contribution >= 4 is 17.7 Å². The molecule has 2 fully saturated rings. The molecule has 4 atom stereocenters. The summed E-state index contributed by atoms with van der Waals surface area (Å²) in [5.74, 6) is 1.82. The first-order chi connectivity index (χ1) is 8.47. The van der Waals surface area contributed by atoms with Crippen molar-refractivity contribution in [1.29, 1.82) is 0 Å². The van der Waals surface area contributed by atoms with E-state index in [1.54, 1.807) is 0 Å². The first kappa shape index (κ1) is 14.2. The minimum atomic E-state index is -0.969. The van der Waals surface area contributed by atoms with Gasteiger partial charge in [-0.15, -0.1) is 11.8 Å². The third kappa shape index (κ3) is 2.42. The fourth-order valence-electron chi connectivity index (χ4n) is 3.56. The fourth-order valence-corrected chi connectivity index (χ4v) is 4.81. The number of carboxylic acids is 1. The zero-order chi connectivity index (χ0) is 13.3. The van der Waals surface area contributed by atoms with E-state index in [2.05, 4.69) is 20.8 Å². The maximum absolute atomic E-state index is 11.8. The Labute approximate surface area is 114 Å². The Bertz CT molecular complexity index is 310. The Balaban J connectivity index is 2.27. The second-order valence-corrected chi connectivity index (χ2v) is 7.41. The molecule has 1 aliphatic heterocycles. The van der Waals surface area contributed by atoms with Crippen LogP contribution in [-0.2, 0) is 9.53 Å². The van der Waals surface area contributed by atoms with Crippen LogP contribution in [0.1, 0.15) is 40.0 Å². The van der Waals surface area contributed by atoms with Crippen molar-refractivity contribution in [3.05, 3.63) is 0 Å². The molecule has 1 saturated heterocycles. The van der Waals surface area contributed by atoms with Gasteiger partial charge in [-0.05, 0) is 30.6 Å². The zero-order valence-corrected chi connectivity index (χ0v) is 12.3. The van der Waals surface area contributed by atoms with Gasteiger partial charge in [-0.3, -0.25) is 0 Å². The van der Waals surface area contributed by atoms with Crippen molar-refractivity contribution in [2.75, 3.05) is 12.4 Å². The lowest BCUT2D eigenvalue weighted by Gasteiger charge is -2.44. The Morgan fingerprint density at radius 3 is 2.67 bits per heavy atom. The third-order valence-corrected chi connectivity index (χ3v) is 5.92. The summed E-state index contributed by atoms with van der Waals surface area (Å²) in [6.45, 7) is 7.23. The lowest BCUT2D eigenvalue weighted by atomic mass is 9.67. The molecule has 1 heterocycles. The summed E-state index contributed by atoms with van der Waals surface area (Å²) in [6.07, 6.45) is 3.35. The zero-order valence-electron chi connectivity index (χ0n) is 11.5. The fraction of sp³-hybridized carbons (Fsp3) is 0.929. The molecule has 0 amide bonds. The van der Waals surface area contributed by atoms with Crippen LogP contribution in [0.4, 0.5) is 0 Å². The lowest BCUT2D eigenvalue weighted by molar-refractivity contribution is -0.161. The van der Waals surface area contributed by atoms with E-state index in [1.807, 2.05) is 0 Å². The van der Waals surface area contributed by atoms with Crippen molar-refractivity contribution < 1.29 is 14.6 Å². The molecule has 0 aromatic heterocycles. The highest BCUT2D eigenvalue weighted by molar-refractivity contribution is 8.01. The van der Waals surface area contributed by atoms with Crippen LogP contribution in [0.2, 0.25) is 0 Å². The molecule has 0 radical (unpaired) electrons. The molecule has 0 aromatic rings. The molecule has 104 valence electrons. The van der Waals surface area contributed by atoms with E-state index < -0.39 is 10.9 Å². The molecule has 1 aliphatic carbocycles. The molecule has 0 aromatic carbocycles. The molecule has 1 saturated carbocycles. The van der Waals surface area contributed by atoms with Gasteiger partial charge in [0.05, 0.1) is 6.61 Å². The van der Waals surface area contributed by atoms with Crippen molar-refractivity contribution in [1.82, 2.24) is 0 Å². The topological polar surface area (TPSA) is 46.5 Å². The molecule has 0 spiro atoms. The van der Waals surface area contributed by atoms with Crippen LogP contribution in [0.3, 0.4) is 0 Å². The van der Waals surface area contributed by atoms with Gasteiger partial charge in [0.1, 0.15) is 0 Å². The summed E-state index contributed by atoms with van der Waals surface area (Å²) in [5.41, 5.74) is 0. The van der Waals surface area contributed by atoms with Crippen LogP contribution < -0.4 is 0 Å². The van der Waals surface area contributed by atoms with Gasteiger partial charge in [-0.1, -0.05) is 27.2 Å². The van der Waals surface area contributed by atoms with Gasteiger partial charge < -0.3 is 9.84 Å². The highest BCUT2D eigenvalue weighted by Gasteiger charge is 2.54. The molecular weight excluding hydrogens is 248 g/mol. The van der Waals surface area contributed by atoms with E-state index in [4.69, 9.17) is 4.74 Å². The molecule has 2 rings (SSSR count). The smallest absolute Gasteiger partial charge is 0.346 e. The second-order valence-electron chi connectivity index (χ2n) is 6.10. The molecular formula is C14H24O3S.